The molecule has 1 amide bonds. The normalized spacial score (nSPS) is 13.0. The lowest BCUT2D eigenvalue weighted by Gasteiger charge is -2.18. The highest BCUT2D eigenvalue weighted by molar-refractivity contribution is 5.85. The van der Waals surface area contributed by atoms with Crippen LogP contribution in [0.5, 0.6) is 0 Å². The molecule has 1 aromatic heterocycles. The van der Waals surface area contributed by atoms with E-state index in [0.29, 0.717) is 13.0 Å². The molecule has 0 unspecified atom stereocenters. The van der Waals surface area contributed by atoms with E-state index in [1.165, 1.54) is 5.56 Å². The molecule has 1 heterocycles. The number of aromatic amines is 1. The minimum Gasteiger partial charge on any atom is -0.453 e. The molecule has 0 aliphatic heterocycles. The predicted molar refractivity (Wildman–Crippen MR) is 115 cm³/mol. The van der Waals surface area contributed by atoms with Crippen LogP contribution in [0.1, 0.15) is 43.7 Å². The van der Waals surface area contributed by atoms with Crippen molar-refractivity contribution in [2.45, 2.75) is 45.1 Å². The molecule has 3 rings (SSSR count). The van der Waals surface area contributed by atoms with Gasteiger partial charge in [-0.15, -0.1) is 0 Å². The summed E-state index contributed by atoms with van der Waals surface area (Å²) in [5.74, 6) is -0.391. The van der Waals surface area contributed by atoms with E-state index < -0.39 is 6.10 Å². The second-order valence-corrected chi connectivity index (χ2v) is 7.25. The zero-order valence-corrected chi connectivity index (χ0v) is 17.0. The van der Waals surface area contributed by atoms with Gasteiger partial charge in [-0.1, -0.05) is 55.5 Å². The third-order valence-corrected chi connectivity index (χ3v) is 5.24. The van der Waals surface area contributed by atoms with Gasteiger partial charge in [0.05, 0.1) is 0 Å². The Balaban J connectivity index is 1.45. The highest BCUT2D eigenvalue weighted by Crippen LogP contribution is 2.20. The molecule has 2 aromatic carbocycles. The zero-order valence-electron chi connectivity index (χ0n) is 17.0. The molecule has 0 saturated heterocycles. The number of aromatic nitrogens is 1. The lowest BCUT2D eigenvalue weighted by Crippen LogP contribution is -2.38. The second-order valence-electron chi connectivity index (χ2n) is 7.25. The molecule has 0 aliphatic rings. The molecule has 0 saturated carbocycles. The van der Waals surface area contributed by atoms with Gasteiger partial charge in [-0.05, 0) is 37.0 Å². The largest absolute Gasteiger partial charge is 0.453 e. The molecule has 152 valence electrons. The summed E-state index contributed by atoms with van der Waals surface area (Å²) in [5.41, 5.74) is 3.31. The third kappa shape index (κ3) is 5.47. The Hall–Kier alpha value is -3.08. The van der Waals surface area contributed by atoms with Crippen LogP contribution in [-0.2, 0) is 20.7 Å². The van der Waals surface area contributed by atoms with Gasteiger partial charge in [0, 0.05) is 36.0 Å². The summed E-state index contributed by atoms with van der Waals surface area (Å²) in [5, 5.41) is 4.02. The van der Waals surface area contributed by atoms with Gasteiger partial charge < -0.3 is 15.0 Å². The summed E-state index contributed by atoms with van der Waals surface area (Å²) in [7, 11) is 0. The molecule has 0 aliphatic carbocycles. The topological polar surface area (TPSA) is 71.2 Å². The Morgan fingerprint density at radius 2 is 1.79 bits per heavy atom. The van der Waals surface area contributed by atoms with Crippen LogP contribution in [0.25, 0.3) is 10.9 Å². The average molecular weight is 392 g/mol. The van der Waals surface area contributed by atoms with Crippen LogP contribution >= 0.6 is 0 Å². The number of para-hydroxylation sites is 1. The first kappa shape index (κ1) is 20.6. The first-order valence-corrected chi connectivity index (χ1v) is 10.2. The molecule has 5 nitrogen and oxygen atoms in total. The van der Waals surface area contributed by atoms with Crippen LogP contribution in [-0.4, -0.2) is 29.5 Å². The summed E-state index contributed by atoms with van der Waals surface area (Å²) in [6, 6.07) is 18.1. The van der Waals surface area contributed by atoms with Crippen molar-refractivity contribution >= 4 is 22.8 Å². The first-order valence-electron chi connectivity index (χ1n) is 10.2. The molecule has 2 atom stereocenters. The van der Waals surface area contributed by atoms with Crippen LogP contribution in [0.15, 0.2) is 60.8 Å². The van der Waals surface area contributed by atoms with Crippen molar-refractivity contribution in [2.75, 3.05) is 6.54 Å². The van der Waals surface area contributed by atoms with Crippen LogP contribution in [0.2, 0.25) is 0 Å². The summed E-state index contributed by atoms with van der Waals surface area (Å²) in [6.45, 7) is 4.23. The van der Waals surface area contributed by atoms with Crippen molar-refractivity contribution in [1.29, 1.82) is 0 Å². The number of nitrogens with one attached hydrogen (secondary N) is 2. The maximum absolute atomic E-state index is 12.3. The van der Waals surface area contributed by atoms with E-state index in [9.17, 15) is 9.59 Å². The van der Waals surface area contributed by atoms with E-state index in [0.717, 1.165) is 22.9 Å². The van der Waals surface area contributed by atoms with Gasteiger partial charge in [0.1, 0.15) is 0 Å². The van der Waals surface area contributed by atoms with E-state index in [1.54, 1.807) is 6.92 Å². The second kappa shape index (κ2) is 9.92. The highest BCUT2D eigenvalue weighted by Gasteiger charge is 2.19. The third-order valence-electron chi connectivity index (χ3n) is 5.24. The van der Waals surface area contributed by atoms with Crippen LogP contribution in [0, 0.1) is 0 Å². The molecule has 0 bridgehead atoms. The number of hydrogen-bond acceptors (Lipinski definition) is 3. The molecule has 3 aromatic rings. The molecule has 0 fully saturated rings. The van der Waals surface area contributed by atoms with Gasteiger partial charge in [0.25, 0.3) is 5.91 Å². The van der Waals surface area contributed by atoms with E-state index in [2.05, 4.69) is 29.4 Å². The minimum atomic E-state index is -0.807. The highest BCUT2D eigenvalue weighted by atomic mass is 16.5. The van der Waals surface area contributed by atoms with Crippen LogP contribution in [0.3, 0.4) is 0 Å². The Bertz CT molecular complexity index is 949. The summed E-state index contributed by atoms with van der Waals surface area (Å²) in [6.07, 6.45) is 2.84. The van der Waals surface area contributed by atoms with E-state index in [1.807, 2.05) is 48.7 Å². The molecule has 5 heteroatoms. The van der Waals surface area contributed by atoms with Gasteiger partial charge >= 0.3 is 5.97 Å². The number of carbonyl (C=O) groups excluding carboxylic acids is 2. The SMILES string of the molecule is CC[C@H](CNC(=O)[C@@H](C)OC(=O)CCc1c[nH]c2ccccc12)c1ccccc1. The van der Waals surface area contributed by atoms with Crippen molar-refractivity contribution in [1.82, 2.24) is 10.3 Å². The molecule has 29 heavy (non-hydrogen) atoms. The Labute approximate surface area is 171 Å². The fourth-order valence-corrected chi connectivity index (χ4v) is 3.48. The number of amides is 1. The monoisotopic (exact) mass is 392 g/mol. The van der Waals surface area contributed by atoms with Gasteiger partial charge in [-0.25, -0.2) is 0 Å². The number of H-pyrrole nitrogens is 1. The van der Waals surface area contributed by atoms with Gasteiger partial charge in [-0.2, -0.15) is 0 Å². The van der Waals surface area contributed by atoms with E-state index in [-0.39, 0.29) is 24.2 Å². The lowest BCUT2D eigenvalue weighted by atomic mass is 9.96. The van der Waals surface area contributed by atoms with Crippen molar-refractivity contribution < 1.29 is 14.3 Å². The van der Waals surface area contributed by atoms with E-state index in [4.69, 9.17) is 4.74 Å². The fraction of sp³-hybridized carbons (Fsp3) is 0.333. The molecular formula is C24H28N2O3. The number of aryl methyl sites for hydroxylation is 1. The number of carbonyl (C=O) groups is 2. The minimum absolute atomic E-state index is 0.237. The number of benzene rings is 2. The van der Waals surface area contributed by atoms with E-state index >= 15 is 0 Å². The fourth-order valence-electron chi connectivity index (χ4n) is 3.48. The Kier molecular flexibility index (Phi) is 7.06. The number of hydrogen-bond donors (Lipinski definition) is 2. The number of rotatable bonds is 9. The summed E-state index contributed by atoms with van der Waals surface area (Å²) in [4.78, 5) is 27.7. The van der Waals surface area contributed by atoms with Gasteiger partial charge in [0.15, 0.2) is 6.10 Å². The van der Waals surface area contributed by atoms with Crippen molar-refractivity contribution in [2.24, 2.45) is 0 Å². The Morgan fingerprint density at radius 1 is 1.07 bits per heavy atom. The number of ether oxygens (including phenoxy) is 1. The average Bonchev–Trinajstić information content (AvgIpc) is 3.16. The quantitative estimate of drug-likeness (QED) is 0.532. The lowest BCUT2D eigenvalue weighted by molar-refractivity contribution is -0.154. The van der Waals surface area contributed by atoms with Crippen molar-refractivity contribution in [3.8, 4) is 0 Å². The molecular weight excluding hydrogens is 364 g/mol. The number of esters is 1. The van der Waals surface area contributed by atoms with Crippen LogP contribution in [0.4, 0.5) is 0 Å². The van der Waals surface area contributed by atoms with Crippen molar-refractivity contribution in [3.05, 3.63) is 71.9 Å². The van der Waals surface area contributed by atoms with Crippen molar-refractivity contribution in [3.63, 3.8) is 0 Å². The van der Waals surface area contributed by atoms with Gasteiger partial charge in [0.2, 0.25) is 0 Å². The smallest absolute Gasteiger partial charge is 0.306 e. The predicted octanol–water partition coefficient (Wildman–Crippen LogP) is 4.34. The zero-order chi connectivity index (χ0) is 20.6. The maximum atomic E-state index is 12.3. The Morgan fingerprint density at radius 3 is 2.55 bits per heavy atom. The number of fused-ring (bicyclic) bond motifs is 1. The van der Waals surface area contributed by atoms with Gasteiger partial charge in [-0.3, -0.25) is 9.59 Å². The summed E-state index contributed by atoms with van der Waals surface area (Å²) >= 11 is 0. The van der Waals surface area contributed by atoms with Crippen LogP contribution < -0.4 is 5.32 Å². The standard InChI is InChI=1S/C24H28N2O3/c1-3-18(19-9-5-4-6-10-19)15-26-24(28)17(2)29-23(27)14-13-20-16-25-22-12-8-7-11-21(20)22/h4-12,16-18,25H,3,13-15H2,1-2H3,(H,26,28)/t17-,18-/m1/s1. The summed E-state index contributed by atoms with van der Waals surface area (Å²) < 4.78 is 5.33. The molecule has 0 radical (unpaired) electrons. The molecule has 0 spiro atoms. The molecule has 2 N–H and O–H groups in total. The first-order chi connectivity index (χ1) is 14.1. The maximum Gasteiger partial charge on any atom is 0.306 e.